The summed E-state index contributed by atoms with van der Waals surface area (Å²) in [6, 6.07) is 0. The van der Waals surface area contributed by atoms with E-state index in [9.17, 15) is 14.4 Å². The van der Waals surface area contributed by atoms with E-state index < -0.39 is 17.9 Å². The molecule has 0 aliphatic rings. The summed E-state index contributed by atoms with van der Waals surface area (Å²) in [5.74, 6) is -2.90. The van der Waals surface area contributed by atoms with Crippen LogP contribution in [0.15, 0.2) is 0 Å². The van der Waals surface area contributed by atoms with Gasteiger partial charge in [-0.25, -0.2) is 0 Å². The zero-order valence-corrected chi connectivity index (χ0v) is 11.4. The average molecular weight is 291 g/mol. The molecule has 0 bridgehead atoms. The molecular weight excluding hydrogens is 270 g/mol. The number of hydrogen-bond acceptors (Lipinski definition) is 6. The first-order valence-corrected chi connectivity index (χ1v) is 6.08. The molecule has 9 heteroatoms. The van der Waals surface area contributed by atoms with Crippen LogP contribution in [0.3, 0.4) is 0 Å². The number of rotatable bonds is 12. The van der Waals surface area contributed by atoms with Crippen molar-refractivity contribution in [1.29, 1.82) is 0 Å². The quantitative estimate of drug-likeness (QED) is 0.303. The normalized spacial score (nSPS) is 10.9. The summed E-state index contributed by atoms with van der Waals surface area (Å²) in [6.45, 7) is 1.07. The van der Waals surface area contributed by atoms with Crippen molar-refractivity contribution in [2.75, 3.05) is 52.9 Å². The molecular formula is C11H21N3O6. The lowest BCUT2D eigenvalue weighted by atomic mass is 10.4. The Bertz CT molecular complexity index is 336. The molecule has 116 valence electrons. The van der Waals surface area contributed by atoms with Crippen LogP contribution < -0.4 is 5.32 Å². The molecule has 0 saturated carbocycles. The van der Waals surface area contributed by atoms with Crippen LogP contribution in [-0.4, -0.2) is 95.9 Å². The first kappa shape index (κ1) is 18.3. The fourth-order valence-corrected chi connectivity index (χ4v) is 1.52. The fourth-order valence-electron chi connectivity index (χ4n) is 1.52. The van der Waals surface area contributed by atoms with Crippen LogP contribution in [0.2, 0.25) is 0 Å². The highest BCUT2D eigenvalue weighted by atomic mass is 16.4. The van der Waals surface area contributed by atoms with Gasteiger partial charge in [0, 0.05) is 26.2 Å². The first-order valence-electron chi connectivity index (χ1n) is 6.08. The highest BCUT2D eigenvalue weighted by Crippen LogP contribution is 1.91. The first-order chi connectivity index (χ1) is 9.31. The second-order valence-electron chi connectivity index (χ2n) is 4.37. The van der Waals surface area contributed by atoms with Crippen molar-refractivity contribution in [1.82, 2.24) is 15.1 Å². The van der Waals surface area contributed by atoms with Gasteiger partial charge in [-0.05, 0) is 7.05 Å². The van der Waals surface area contributed by atoms with Crippen LogP contribution >= 0.6 is 0 Å². The van der Waals surface area contributed by atoms with E-state index in [0.717, 1.165) is 0 Å². The molecule has 0 aromatic carbocycles. The number of likely N-dealkylation sites (N-methyl/N-ethyl adjacent to an activating group) is 1. The van der Waals surface area contributed by atoms with Crippen molar-refractivity contribution in [3.63, 3.8) is 0 Å². The zero-order chi connectivity index (χ0) is 15.5. The molecule has 9 nitrogen and oxygen atoms in total. The summed E-state index contributed by atoms with van der Waals surface area (Å²) >= 11 is 0. The zero-order valence-electron chi connectivity index (χ0n) is 11.4. The van der Waals surface area contributed by atoms with Crippen molar-refractivity contribution in [3.8, 4) is 0 Å². The van der Waals surface area contributed by atoms with Crippen LogP contribution in [0, 0.1) is 0 Å². The molecule has 0 amide bonds. The topological polar surface area (TPSA) is 130 Å². The van der Waals surface area contributed by atoms with Gasteiger partial charge in [0.15, 0.2) is 0 Å². The molecule has 4 N–H and O–H groups in total. The van der Waals surface area contributed by atoms with E-state index in [-0.39, 0.29) is 19.6 Å². The van der Waals surface area contributed by atoms with Crippen molar-refractivity contribution < 1.29 is 29.7 Å². The number of carboxylic acids is 3. The van der Waals surface area contributed by atoms with Crippen LogP contribution in [0.1, 0.15) is 0 Å². The lowest BCUT2D eigenvalue weighted by Crippen LogP contribution is -2.41. The molecule has 0 aliphatic carbocycles. The van der Waals surface area contributed by atoms with Gasteiger partial charge in [0.2, 0.25) is 0 Å². The third kappa shape index (κ3) is 11.4. The van der Waals surface area contributed by atoms with Crippen LogP contribution in [0.25, 0.3) is 0 Å². The minimum Gasteiger partial charge on any atom is -0.480 e. The van der Waals surface area contributed by atoms with E-state index in [1.807, 2.05) is 0 Å². The van der Waals surface area contributed by atoms with Crippen molar-refractivity contribution in [2.24, 2.45) is 0 Å². The van der Waals surface area contributed by atoms with Crippen LogP contribution in [0.5, 0.6) is 0 Å². The van der Waals surface area contributed by atoms with Crippen LogP contribution in [0.4, 0.5) is 0 Å². The average Bonchev–Trinajstić information content (AvgIpc) is 2.29. The van der Waals surface area contributed by atoms with E-state index in [1.54, 1.807) is 16.8 Å². The smallest absolute Gasteiger partial charge is 0.317 e. The van der Waals surface area contributed by atoms with Gasteiger partial charge >= 0.3 is 17.9 Å². The minimum atomic E-state index is -0.982. The van der Waals surface area contributed by atoms with Gasteiger partial charge in [0.05, 0.1) is 19.6 Å². The predicted octanol–water partition coefficient (Wildman–Crippen LogP) is -1.94. The molecule has 0 fully saturated rings. The minimum absolute atomic E-state index is 0.113. The summed E-state index contributed by atoms with van der Waals surface area (Å²) in [5.41, 5.74) is 0. The van der Waals surface area contributed by atoms with E-state index in [2.05, 4.69) is 5.32 Å². The standard InChI is InChI=1S/C11H21N3O6/c1-13(7-10(17)18)4-5-14(8-11(19)20)3-2-12-6-9(15)16/h12H,2-8H2,1H3,(H,15,16)(H,17,18)(H,19,20). The Morgan fingerprint density at radius 3 is 2.00 bits per heavy atom. The third-order valence-electron chi connectivity index (χ3n) is 2.44. The molecule has 0 atom stereocenters. The van der Waals surface area contributed by atoms with Crippen molar-refractivity contribution >= 4 is 17.9 Å². The summed E-state index contributed by atoms with van der Waals surface area (Å²) in [5, 5.41) is 28.5. The molecule has 0 aromatic rings. The number of carboxylic acid groups (broad SMARTS) is 3. The van der Waals surface area contributed by atoms with E-state index in [4.69, 9.17) is 15.3 Å². The Morgan fingerprint density at radius 1 is 0.900 bits per heavy atom. The summed E-state index contributed by atoms with van der Waals surface area (Å²) < 4.78 is 0. The van der Waals surface area contributed by atoms with Crippen molar-refractivity contribution in [3.05, 3.63) is 0 Å². The maximum atomic E-state index is 10.7. The number of hydrogen-bond donors (Lipinski definition) is 4. The Labute approximate surface area is 116 Å². The van der Waals surface area contributed by atoms with Gasteiger partial charge < -0.3 is 20.6 Å². The van der Waals surface area contributed by atoms with Gasteiger partial charge in [0.1, 0.15) is 0 Å². The second-order valence-corrected chi connectivity index (χ2v) is 4.37. The molecule has 20 heavy (non-hydrogen) atoms. The maximum absolute atomic E-state index is 10.7. The fraction of sp³-hybridized carbons (Fsp3) is 0.727. The molecule has 0 radical (unpaired) electrons. The van der Waals surface area contributed by atoms with Crippen molar-refractivity contribution in [2.45, 2.75) is 0 Å². The number of nitrogens with one attached hydrogen (secondary N) is 1. The number of aliphatic carboxylic acids is 3. The molecule has 0 rings (SSSR count). The predicted molar refractivity (Wildman–Crippen MR) is 69.7 cm³/mol. The van der Waals surface area contributed by atoms with Gasteiger partial charge in [0.25, 0.3) is 0 Å². The Hall–Kier alpha value is -1.71. The van der Waals surface area contributed by atoms with E-state index >= 15 is 0 Å². The van der Waals surface area contributed by atoms with E-state index in [0.29, 0.717) is 26.2 Å². The Balaban J connectivity index is 4.04. The molecule has 0 spiro atoms. The summed E-state index contributed by atoms with van der Waals surface area (Å²) in [7, 11) is 1.63. The Morgan fingerprint density at radius 2 is 1.50 bits per heavy atom. The highest BCUT2D eigenvalue weighted by molar-refractivity contribution is 5.69. The lowest BCUT2D eigenvalue weighted by Gasteiger charge is -2.23. The summed E-state index contributed by atoms with van der Waals surface area (Å²) in [4.78, 5) is 34.7. The number of carbonyl (C=O) groups is 3. The third-order valence-corrected chi connectivity index (χ3v) is 2.44. The largest absolute Gasteiger partial charge is 0.480 e. The second kappa shape index (κ2) is 10.1. The summed E-state index contributed by atoms with van der Waals surface area (Å²) in [6.07, 6.45) is 0. The van der Waals surface area contributed by atoms with Gasteiger partial charge in [-0.1, -0.05) is 0 Å². The Kier molecular flexibility index (Phi) is 9.26. The van der Waals surface area contributed by atoms with Gasteiger partial charge in [-0.3, -0.25) is 24.2 Å². The maximum Gasteiger partial charge on any atom is 0.317 e. The van der Waals surface area contributed by atoms with Gasteiger partial charge in [-0.15, -0.1) is 0 Å². The molecule has 0 saturated heterocycles. The van der Waals surface area contributed by atoms with Gasteiger partial charge in [-0.2, -0.15) is 0 Å². The highest BCUT2D eigenvalue weighted by Gasteiger charge is 2.11. The molecule has 0 heterocycles. The number of nitrogens with zero attached hydrogens (tertiary/aromatic N) is 2. The van der Waals surface area contributed by atoms with E-state index in [1.165, 1.54) is 0 Å². The lowest BCUT2D eigenvalue weighted by molar-refractivity contribution is -0.140. The molecule has 0 aromatic heterocycles. The SMILES string of the molecule is CN(CCN(CCNCC(=O)O)CC(=O)O)CC(=O)O. The van der Waals surface area contributed by atoms with Crippen LogP contribution in [-0.2, 0) is 14.4 Å². The monoisotopic (exact) mass is 291 g/mol. The molecule has 0 aliphatic heterocycles. The molecule has 0 unspecified atom stereocenters.